The van der Waals surface area contributed by atoms with Gasteiger partial charge in [-0.1, -0.05) is 6.92 Å². The van der Waals surface area contributed by atoms with Crippen LogP contribution >= 0.6 is 0 Å². The highest BCUT2D eigenvalue weighted by atomic mass is 16.3. The summed E-state index contributed by atoms with van der Waals surface area (Å²) in [6.45, 7) is 1.88. The van der Waals surface area contributed by atoms with Crippen molar-refractivity contribution in [3.05, 3.63) is 54.2 Å². The molecule has 0 bridgehead atoms. The third-order valence-electron chi connectivity index (χ3n) is 2.41. The van der Waals surface area contributed by atoms with Crippen LogP contribution in [0.25, 0.3) is 0 Å². The van der Waals surface area contributed by atoms with Crippen molar-refractivity contribution < 1.29 is 9.21 Å². The normalized spacial score (nSPS) is 12.3. The molecule has 0 aliphatic rings. The third-order valence-corrected chi connectivity index (χ3v) is 2.41. The summed E-state index contributed by atoms with van der Waals surface area (Å²) >= 11 is 0. The van der Waals surface area contributed by atoms with Crippen LogP contribution in [-0.2, 0) is 0 Å². The lowest BCUT2D eigenvalue weighted by Gasteiger charge is -2.08. The Morgan fingerprint density at radius 1 is 1.33 bits per heavy atom. The number of hydrogen-bond donors (Lipinski definition) is 0. The van der Waals surface area contributed by atoms with Gasteiger partial charge in [0.05, 0.1) is 11.8 Å². The number of pyridine rings is 1. The average molecular weight is 201 g/mol. The number of Topliss-reactive ketones (excluding diaryl/α,β-unsaturated/α-hetero) is 1. The Balaban J connectivity index is 2.23. The summed E-state index contributed by atoms with van der Waals surface area (Å²) in [5, 5.41) is 0. The van der Waals surface area contributed by atoms with E-state index in [-0.39, 0.29) is 11.7 Å². The number of furan rings is 1. The minimum atomic E-state index is -0.161. The van der Waals surface area contributed by atoms with Crippen LogP contribution in [0.4, 0.5) is 0 Å². The van der Waals surface area contributed by atoms with Crippen molar-refractivity contribution in [2.24, 2.45) is 0 Å². The quantitative estimate of drug-likeness (QED) is 0.717. The lowest BCUT2D eigenvalue weighted by atomic mass is 9.94. The number of rotatable bonds is 3. The number of ketones is 1. The lowest BCUT2D eigenvalue weighted by molar-refractivity contribution is 0.0965. The minimum Gasteiger partial charge on any atom is -0.472 e. The van der Waals surface area contributed by atoms with Gasteiger partial charge in [0.15, 0.2) is 5.78 Å². The van der Waals surface area contributed by atoms with E-state index in [1.54, 1.807) is 18.5 Å². The molecule has 1 unspecified atom stereocenters. The van der Waals surface area contributed by atoms with E-state index in [4.69, 9.17) is 4.42 Å². The van der Waals surface area contributed by atoms with E-state index in [9.17, 15) is 4.79 Å². The molecule has 0 spiro atoms. The van der Waals surface area contributed by atoms with Crippen LogP contribution in [0.2, 0.25) is 0 Å². The Morgan fingerprint density at radius 3 is 2.67 bits per heavy atom. The Morgan fingerprint density at radius 2 is 2.07 bits per heavy atom. The fourth-order valence-electron chi connectivity index (χ4n) is 1.46. The van der Waals surface area contributed by atoms with Crippen molar-refractivity contribution in [3.8, 4) is 0 Å². The summed E-state index contributed by atoms with van der Waals surface area (Å²) in [6.07, 6.45) is 6.36. The topological polar surface area (TPSA) is 43.1 Å². The fourth-order valence-corrected chi connectivity index (χ4v) is 1.46. The first-order chi connectivity index (χ1) is 7.29. The van der Waals surface area contributed by atoms with Crippen LogP contribution in [0.15, 0.2) is 47.5 Å². The molecule has 0 aliphatic carbocycles. The summed E-state index contributed by atoms with van der Waals surface area (Å²) in [5.41, 5.74) is 1.58. The predicted octanol–water partition coefficient (Wildman–Crippen LogP) is 2.66. The van der Waals surface area contributed by atoms with Crippen LogP contribution in [-0.4, -0.2) is 10.8 Å². The van der Waals surface area contributed by atoms with Gasteiger partial charge < -0.3 is 4.42 Å². The van der Waals surface area contributed by atoms with Crippen molar-refractivity contribution in [2.45, 2.75) is 12.8 Å². The SMILES string of the molecule is CC(C(=O)c1ccoc1)c1ccncc1. The van der Waals surface area contributed by atoms with Gasteiger partial charge in [0.1, 0.15) is 6.26 Å². The Labute approximate surface area is 87.8 Å². The molecule has 0 saturated carbocycles. The summed E-state index contributed by atoms with van der Waals surface area (Å²) < 4.78 is 4.89. The standard InChI is InChI=1S/C12H11NO2/c1-9(10-2-5-13-6-3-10)12(14)11-4-7-15-8-11/h2-9H,1H3. The van der Waals surface area contributed by atoms with Gasteiger partial charge in [0.25, 0.3) is 0 Å². The molecule has 2 aromatic heterocycles. The molecule has 2 aromatic rings. The van der Waals surface area contributed by atoms with Crippen molar-refractivity contribution in [1.82, 2.24) is 4.98 Å². The summed E-state index contributed by atoms with van der Waals surface area (Å²) in [6, 6.07) is 5.38. The minimum absolute atomic E-state index is 0.0648. The molecule has 0 N–H and O–H groups in total. The van der Waals surface area contributed by atoms with Gasteiger partial charge >= 0.3 is 0 Å². The van der Waals surface area contributed by atoms with Gasteiger partial charge in [0.2, 0.25) is 0 Å². The predicted molar refractivity (Wildman–Crippen MR) is 55.7 cm³/mol. The number of aromatic nitrogens is 1. The maximum atomic E-state index is 11.9. The molecule has 2 rings (SSSR count). The summed E-state index contributed by atoms with van der Waals surface area (Å²) in [4.78, 5) is 15.8. The van der Waals surface area contributed by atoms with Gasteiger partial charge in [-0.3, -0.25) is 9.78 Å². The van der Waals surface area contributed by atoms with E-state index in [0.717, 1.165) is 5.56 Å². The van der Waals surface area contributed by atoms with E-state index < -0.39 is 0 Å². The van der Waals surface area contributed by atoms with Crippen LogP contribution in [0.5, 0.6) is 0 Å². The Kier molecular flexibility index (Phi) is 2.63. The van der Waals surface area contributed by atoms with Crippen LogP contribution in [0.1, 0.15) is 28.8 Å². The van der Waals surface area contributed by atoms with Crippen LogP contribution in [0, 0.1) is 0 Å². The average Bonchev–Trinajstić information content (AvgIpc) is 2.82. The van der Waals surface area contributed by atoms with Gasteiger partial charge in [-0.2, -0.15) is 0 Å². The largest absolute Gasteiger partial charge is 0.472 e. The van der Waals surface area contributed by atoms with E-state index >= 15 is 0 Å². The van der Waals surface area contributed by atoms with Crippen molar-refractivity contribution in [2.75, 3.05) is 0 Å². The van der Waals surface area contributed by atoms with Crippen molar-refractivity contribution >= 4 is 5.78 Å². The van der Waals surface area contributed by atoms with Crippen molar-refractivity contribution in [1.29, 1.82) is 0 Å². The molecule has 3 nitrogen and oxygen atoms in total. The molecule has 0 saturated heterocycles. The second-order valence-electron chi connectivity index (χ2n) is 3.38. The molecule has 0 amide bonds. The molecule has 15 heavy (non-hydrogen) atoms. The van der Waals surface area contributed by atoms with Gasteiger partial charge in [-0.05, 0) is 23.8 Å². The molecule has 0 fully saturated rings. The summed E-state index contributed by atoms with van der Waals surface area (Å²) in [7, 11) is 0. The maximum Gasteiger partial charge on any atom is 0.173 e. The number of nitrogens with zero attached hydrogens (tertiary/aromatic N) is 1. The van der Waals surface area contributed by atoms with Gasteiger partial charge in [-0.25, -0.2) is 0 Å². The lowest BCUT2D eigenvalue weighted by Crippen LogP contribution is -2.08. The second-order valence-corrected chi connectivity index (χ2v) is 3.38. The van der Waals surface area contributed by atoms with E-state index in [0.29, 0.717) is 5.56 Å². The maximum absolute atomic E-state index is 11.9. The second kappa shape index (κ2) is 4.09. The molecule has 76 valence electrons. The Hall–Kier alpha value is -1.90. The molecule has 1 atom stereocenters. The molecule has 0 aromatic carbocycles. The molecule has 0 aliphatic heterocycles. The van der Waals surface area contributed by atoms with Gasteiger partial charge in [0, 0.05) is 18.3 Å². The zero-order chi connectivity index (χ0) is 10.7. The summed E-state index contributed by atoms with van der Waals surface area (Å²) in [5.74, 6) is -0.0967. The number of carbonyl (C=O) groups excluding carboxylic acids is 1. The molecule has 3 heteroatoms. The zero-order valence-electron chi connectivity index (χ0n) is 8.38. The third kappa shape index (κ3) is 1.96. The molecule has 2 heterocycles. The van der Waals surface area contributed by atoms with Gasteiger partial charge in [-0.15, -0.1) is 0 Å². The zero-order valence-corrected chi connectivity index (χ0v) is 8.38. The molecule has 0 radical (unpaired) electrons. The highest BCUT2D eigenvalue weighted by molar-refractivity contribution is 6.00. The fraction of sp³-hybridized carbons (Fsp3) is 0.167. The monoisotopic (exact) mass is 201 g/mol. The first-order valence-electron chi connectivity index (χ1n) is 4.75. The smallest absolute Gasteiger partial charge is 0.173 e. The highest BCUT2D eigenvalue weighted by Crippen LogP contribution is 2.19. The van der Waals surface area contributed by atoms with Crippen molar-refractivity contribution in [3.63, 3.8) is 0 Å². The van der Waals surface area contributed by atoms with E-state index in [2.05, 4.69) is 4.98 Å². The molecular weight excluding hydrogens is 190 g/mol. The van der Waals surface area contributed by atoms with Crippen LogP contribution < -0.4 is 0 Å². The number of carbonyl (C=O) groups is 1. The van der Waals surface area contributed by atoms with Crippen LogP contribution in [0.3, 0.4) is 0 Å². The number of hydrogen-bond acceptors (Lipinski definition) is 3. The Bertz CT molecular complexity index is 434. The first kappa shape index (κ1) is 9.65. The van der Waals surface area contributed by atoms with E-state index in [1.807, 2.05) is 19.1 Å². The molecular formula is C12H11NO2. The van der Waals surface area contributed by atoms with E-state index in [1.165, 1.54) is 12.5 Å². The first-order valence-corrected chi connectivity index (χ1v) is 4.75. The highest BCUT2D eigenvalue weighted by Gasteiger charge is 2.17.